The lowest BCUT2D eigenvalue weighted by atomic mass is 10.0. The number of nitrogens with zero attached hydrogens (tertiary/aromatic N) is 1. The van der Waals surface area contributed by atoms with Gasteiger partial charge in [-0.1, -0.05) is 23.8 Å². The van der Waals surface area contributed by atoms with Crippen LogP contribution in [-0.4, -0.2) is 36.5 Å². The van der Waals surface area contributed by atoms with Gasteiger partial charge in [0.1, 0.15) is 0 Å². The zero-order valence-electron chi connectivity index (χ0n) is 11.5. The highest BCUT2D eigenvalue weighted by molar-refractivity contribution is 5.79. The predicted molar refractivity (Wildman–Crippen MR) is 73.7 cm³/mol. The van der Waals surface area contributed by atoms with Crippen molar-refractivity contribution in [2.45, 2.75) is 33.2 Å². The van der Waals surface area contributed by atoms with Gasteiger partial charge < -0.3 is 10.2 Å². The van der Waals surface area contributed by atoms with Crippen molar-refractivity contribution in [1.82, 2.24) is 10.2 Å². The average Bonchev–Trinajstić information content (AvgIpc) is 2.32. The van der Waals surface area contributed by atoms with Gasteiger partial charge in [0.25, 0.3) is 0 Å². The van der Waals surface area contributed by atoms with E-state index in [1.54, 1.807) is 0 Å². The summed E-state index contributed by atoms with van der Waals surface area (Å²) in [6.45, 7) is 8.83. The van der Waals surface area contributed by atoms with Gasteiger partial charge in [-0.2, -0.15) is 0 Å². The van der Waals surface area contributed by atoms with Gasteiger partial charge in [0.05, 0.1) is 6.42 Å². The zero-order valence-corrected chi connectivity index (χ0v) is 11.5. The molecule has 1 aliphatic rings. The number of piperazine rings is 1. The molecule has 0 aliphatic carbocycles. The lowest BCUT2D eigenvalue weighted by Crippen LogP contribution is -2.51. The minimum atomic E-state index is 0.246. The zero-order chi connectivity index (χ0) is 13.1. The van der Waals surface area contributed by atoms with Gasteiger partial charge in [0.15, 0.2) is 0 Å². The van der Waals surface area contributed by atoms with E-state index in [4.69, 9.17) is 0 Å². The van der Waals surface area contributed by atoms with Crippen LogP contribution in [-0.2, 0) is 11.2 Å². The monoisotopic (exact) mass is 246 g/mol. The molecule has 0 radical (unpaired) electrons. The summed E-state index contributed by atoms with van der Waals surface area (Å²) >= 11 is 0. The van der Waals surface area contributed by atoms with Crippen molar-refractivity contribution in [3.8, 4) is 0 Å². The number of aryl methyl sites for hydroxylation is 2. The largest absolute Gasteiger partial charge is 0.340 e. The Kier molecular flexibility index (Phi) is 4.02. The Balaban J connectivity index is 2.02. The third kappa shape index (κ3) is 3.10. The van der Waals surface area contributed by atoms with Crippen molar-refractivity contribution in [3.05, 3.63) is 34.9 Å². The van der Waals surface area contributed by atoms with Gasteiger partial charge in [0, 0.05) is 25.7 Å². The van der Waals surface area contributed by atoms with Crippen LogP contribution in [0.25, 0.3) is 0 Å². The van der Waals surface area contributed by atoms with E-state index in [9.17, 15) is 4.79 Å². The number of benzene rings is 1. The molecule has 3 heteroatoms. The second-order valence-corrected chi connectivity index (χ2v) is 5.30. The van der Waals surface area contributed by atoms with Gasteiger partial charge >= 0.3 is 0 Å². The molecule has 1 aromatic rings. The van der Waals surface area contributed by atoms with Crippen molar-refractivity contribution in [1.29, 1.82) is 0 Å². The quantitative estimate of drug-likeness (QED) is 0.861. The summed E-state index contributed by atoms with van der Waals surface area (Å²) in [5.41, 5.74) is 3.61. The summed E-state index contributed by atoms with van der Waals surface area (Å²) in [6, 6.07) is 6.70. The average molecular weight is 246 g/mol. The molecule has 1 saturated heterocycles. The molecule has 0 bridgehead atoms. The first kappa shape index (κ1) is 13.1. The predicted octanol–water partition coefficient (Wildman–Crippen LogP) is 1.67. The number of hydrogen-bond donors (Lipinski definition) is 1. The van der Waals surface area contributed by atoms with Gasteiger partial charge in [-0.15, -0.1) is 0 Å². The molecule has 1 atom stereocenters. The van der Waals surface area contributed by atoms with Crippen LogP contribution in [0.15, 0.2) is 18.2 Å². The molecule has 1 N–H and O–H groups in total. The fourth-order valence-electron chi connectivity index (χ4n) is 2.48. The molecule has 1 unspecified atom stereocenters. The smallest absolute Gasteiger partial charge is 0.227 e. The summed E-state index contributed by atoms with van der Waals surface area (Å²) in [5, 5.41) is 3.36. The van der Waals surface area contributed by atoms with E-state index in [0.717, 1.165) is 25.2 Å². The van der Waals surface area contributed by atoms with Crippen molar-refractivity contribution < 1.29 is 4.79 Å². The fourth-order valence-corrected chi connectivity index (χ4v) is 2.48. The number of hydrogen-bond acceptors (Lipinski definition) is 2. The molecule has 1 amide bonds. The molecule has 1 heterocycles. The van der Waals surface area contributed by atoms with Crippen molar-refractivity contribution in [3.63, 3.8) is 0 Å². The van der Waals surface area contributed by atoms with Crippen LogP contribution in [0.5, 0.6) is 0 Å². The summed E-state index contributed by atoms with van der Waals surface area (Å²) in [7, 11) is 0. The maximum atomic E-state index is 12.2. The third-order valence-electron chi connectivity index (χ3n) is 3.56. The van der Waals surface area contributed by atoms with Crippen LogP contribution in [0.4, 0.5) is 0 Å². The Morgan fingerprint density at radius 3 is 2.89 bits per heavy atom. The number of rotatable bonds is 2. The van der Waals surface area contributed by atoms with E-state index in [2.05, 4.69) is 44.3 Å². The van der Waals surface area contributed by atoms with Gasteiger partial charge in [0.2, 0.25) is 5.91 Å². The molecule has 3 nitrogen and oxygen atoms in total. The SMILES string of the molecule is Cc1ccc(CC(=O)N2CCNC(C)C2)c(C)c1. The van der Waals surface area contributed by atoms with Gasteiger partial charge in [-0.3, -0.25) is 4.79 Å². The lowest BCUT2D eigenvalue weighted by Gasteiger charge is -2.32. The highest BCUT2D eigenvalue weighted by atomic mass is 16.2. The van der Waals surface area contributed by atoms with Crippen LogP contribution in [0.3, 0.4) is 0 Å². The van der Waals surface area contributed by atoms with Gasteiger partial charge in [-0.25, -0.2) is 0 Å². The Hall–Kier alpha value is -1.35. The number of nitrogens with one attached hydrogen (secondary N) is 1. The lowest BCUT2D eigenvalue weighted by molar-refractivity contribution is -0.131. The van der Waals surface area contributed by atoms with Crippen LogP contribution in [0.1, 0.15) is 23.6 Å². The van der Waals surface area contributed by atoms with E-state index >= 15 is 0 Å². The molecule has 98 valence electrons. The minimum absolute atomic E-state index is 0.246. The van der Waals surface area contributed by atoms with Gasteiger partial charge in [-0.05, 0) is 31.9 Å². The molecular formula is C15H22N2O. The number of carbonyl (C=O) groups excluding carboxylic acids is 1. The first-order chi connectivity index (χ1) is 8.56. The van der Waals surface area contributed by atoms with Crippen LogP contribution in [0, 0.1) is 13.8 Å². The molecule has 1 aliphatic heterocycles. The van der Waals surface area contributed by atoms with E-state index in [1.807, 2.05) is 4.90 Å². The molecule has 1 aromatic carbocycles. The van der Waals surface area contributed by atoms with E-state index in [0.29, 0.717) is 12.5 Å². The fraction of sp³-hybridized carbons (Fsp3) is 0.533. The number of carbonyl (C=O) groups is 1. The third-order valence-corrected chi connectivity index (χ3v) is 3.56. The number of amides is 1. The molecule has 18 heavy (non-hydrogen) atoms. The van der Waals surface area contributed by atoms with E-state index in [-0.39, 0.29) is 5.91 Å². The maximum Gasteiger partial charge on any atom is 0.227 e. The standard InChI is InChI=1S/C15H22N2O/c1-11-4-5-14(12(2)8-11)9-15(18)17-7-6-16-13(3)10-17/h4-5,8,13,16H,6-7,9-10H2,1-3H3. The molecule has 1 fully saturated rings. The molecule has 2 rings (SSSR count). The molecule has 0 saturated carbocycles. The first-order valence-electron chi connectivity index (χ1n) is 6.63. The summed E-state index contributed by atoms with van der Waals surface area (Å²) in [6.07, 6.45) is 0.527. The van der Waals surface area contributed by atoms with Crippen molar-refractivity contribution in [2.24, 2.45) is 0 Å². The van der Waals surface area contributed by atoms with Crippen LogP contribution >= 0.6 is 0 Å². The maximum absolute atomic E-state index is 12.2. The summed E-state index contributed by atoms with van der Waals surface area (Å²) < 4.78 is 0. The Morgan fingerprint density at radius 1 is 1.44 bits per heavy atom. The minimum Gasteiger partial charge on any atom is -0.340 e. The summed E-state index contributed by atoms with van der Waals surface area (Å²) in [4.78, 5) is 14.2. The normalized spacial score (nSPS) is 19.9. The van der Waals surface area contributed by atoms with Crippen molar-refractivity contribution in [2.75, 3.05) is 19.6 Å². The molecular weight excluding hydrogens is 224 g/mol. The topological polar surface area (TPSA) is 32.3 Å². The molecule has 0 spiro atoms. The Bertz CT molecular complexity index is 442. The van der Waals surface area contributed by atoms with Crippen molar-refractivity contribution >= 4 is 5.91 Å². The summed E-state index contributed by atoms with van der Waals surface area (Å²) in [5.74, 6) is 0.246. The highest BCUT2D eigenvalue weighted by Gasteiger charge is 2.20. The molecule has 0 aromatic heterocycles. The highest BCUT2D eigenvalue weighted by Crippen LogP contribution is 2.13. The Morgan fingerprint density at radius 2 is 2.22 bits per heavy atom. The Labute approximate surface area is 109 Å². The van der Waals surface area contributed by atoms with Crippen LogP contribution in [0.2, 0.25) is 0 Å². The second-order valence-electron chi connectivity index (χ2n) is 5.30. The van der Waals surface area contributed by atoms with E-state index in [1.165, 1.54) is 11.1 Å². The van der Waals surface area contributed by atoms with E-state index < -0.39 is 0 Å². The van der Waals surface area contributed by atoms with Crippen LogP contribution < -0.4 is 5.32 Å². The second kappa shape index (κ2) is 5.53. The first-order valence-corrected chi connectivity index (χ1v) is 6.63.